The molecule has 1 atom stereocenters. The molecule has 2 heterocycles. The second kappa shape index (κ2) is 5.95. The van der Waals surface area contributed by atoms with Crippen LogP contribution in [0.1, 0.15) is 30.7 Å². The number of halogens is 1. The number of aryl methyl sites for hydroxylation is 1. The van der Waals surface area contributed by atoms with E-state index in [1.165, 1.54) is 0 Å². The fourth-order valence-electron chi connectivity index (χ4n) is 2.42. The number of hydrogen-bond donors (Lipinski definition) is 1. The van der Waals surface area contributed by atoms with Gasteiger partial charge in [0, 0.05) is 6.54 Å². The van der Waals surface area contributed by atoms with E-state index in [2.05, 4.69) is 12.0 Å². The van der Waals surface area contributed by atoms with Crippen molar-refractivity contribution in [3.8, 4) is 11.5 Å². The lowest BCUT2D eigenvalue weighted by atomic mass is 10.1. The standard InChI is InChI=1S/C15H17ClN2O3/c1-2-5-18-14(11(16)9-17-18)15(19)10-3-4-12-13(8-10)21-7-6-20-12/h3-4,8-9,15,19H,2,5-7H2,1H3. The average molecular weight is 309 g/mol. The van der Waals surface area contributed by atoms with E-state index in [-0.39, 0.29) is 0 Å². The number of fused-ring (bicyclic) bond motifs is 1. The first-order valence-electron chi connectivity index (χ1n) is 6.99. The Morgan fingerprint density at radius 1 is 1.33 bits per heavy atom. The minimum Gasteiger partial charge on any atom is -0.486 e. The highest BCUT2D eigenvalue weighted by Gasteiger charge is 2.22. The maximum atomic E-state index is 10.6. The van der Waals surface area contributed by atoms with Crippen LogP contribution in [0.25, 0.3) is 0 Å². The van der Waals surface area contributed by atoms with E-state index in [4.69, 9.17) is 21.1 Å². The minimum absolute atomic E-state index is 0.464. The summed E-state index contributed by atoms with van der Waals surface area (Å²) in [6.07, 6.45) is 1.63. The number of benzene rings is 1. The van der Waals surface area contributed by atoms with E-state index in [0.717, 1.165) is 6.42 Å². The molecule has 21 heavy (non-hydrogen) atoms. The van der Waals surface area contributed by atoms with Crippen molar-refractivity contribution >= 4 is 11.6 Å². The molecule has 1 unspecified atom stereocenters. The Hall–Kier alpha value is -1.72. The van der Waals surface area contributed by atoms with Gasteiger partial charge in [0.05, 0.1) is 16.9 Å². The summed E-state index contributed by atoms with van der Waals surface area (Å²) in [5.41, 5.74) is 1.31. The van der Waals surface area contributed by atoms with Gasteiger partial charge in [-0.2, -0.15) is 5.10 Å². The average Bonchev–Trinajstić information content (AvgIpc) is 2.87. The van der Waals surface area contributed by atoms with Crippen molar-refractivity contribution in [2.75, 3.05) is 13.2 Å². The van der Waals surface area contributed by atoms with E-state index in [0.29, 0.717) is 47.5 Å². The molecule has 0 fully saturated rings. The highest BCUT2D eigenvalue weighted by atomic mass is 35.5. The first-order valence-corrected chi connectivity index (χ1v) is 7.37. The maximum absolute atomic E-state index is 10.6. The monoisotopic (exact) mass is 308 g/mol. The molecule has 0 radical (unpaired) electrons. The van der Waals surface area contributed by atoms with Gasteiger partial charge in [-0.25, -0.2) is 0 Å². The van der Waals surface area contributed by atoms with E-state index >= 15 is 0 Å². The lowest BCUT2D eigenvalue weighted by Gasteiger charge is -2.20. The number of aromatic nitrogens is 2. The summed E-state index contributed by atoms with van der Waals surface area (Å²) in [6.45, 7) is 3.82. The van der Waals surface area contributed by atoms with Gasteiger partial charge in [-0.05, 0) is 24.1 Å². The Morgan fingerprint density at radius 2 is 2.10 bits per heavy atom. The van der Waals surface area contributed by atoms with Crippen LogP contribution in [0.3, 0.4) is 0 Å². The third-order valence-electron chi connectivity index (χ3n) is 3.41. The summed E-state index contributed by atoms with van der Waals surface area (Å²) in [6, 6.07) is 5.41. The van der Waals surface area contributed by atoms with Gasteiger partial charge < -0.3 is 14.6 Å². The van der Waals surface area contributed by atoms with Gasteiger partial charge in [0.2, 0.25) is 0 Å². The zero-order chi connectivity index (χ0) is 14.8. The van der Waals surface area contributed by atoms with E-state index in [9.17, 15) is 5.11 Å². The van der Waals surface area contributed by atoms with Gasteiger partial charge in [0.25, 0.3) is 0 Å². The summed E-state index contributed by atoms with van der Waals surface area (Å²) in [7, 11) is 0. The third-order valence-corrected chi connectivity index (χ3v) is 3.70. The molecule has 0 aliphatic carbocycles. The molecular weight excluding hydrogens is 292 g/mol. The summed E-state index contributed by atoms with van der Waals surface area (Å²) in [5, 5.41) is 15.3. The number of aliphatic hydroxyl groups excluding tert-OH is 1. The molecule has 0 saturated heterocycles. The van der Waals surface area contributed by atoms with Crippen molar-refractivity contribution in [3.05, 3.63) is 40.7 Å². The second-order valence-corrected chi connectivity index (χ2v) is 5.31. The van der Waals surface area contributed by atoms with Gasteiger partial charge in [0.1, 0.15) is 19.3 Å². The molecule has 0 saturated carbocycles. The summed E-state index contributed by atoms with van der Waals surface area (Å²) < 4.78 is 12.8. The molecular formula is C15H17ClN2O3. The fourth-order valence-corrected chi connectivity index (χ4v) is 2.67. The fraction of sp³-hybridized carbons (Fsp3) is 0.400. The van der Waals surface area contributed by atoms with Crippen LogP contribution in [0.15, 0.2) is 24.4 Å². The molecule has 1 aliphatic heterocycles. The SMILES string of the molecule is CCCn1ncc(Cl)c1C(O)c1ccc2c(c1)OCCO2. The molecule has 1 aliphatic rings. The van der Waals surface area contributed by atoms with E-state index in [1.54, 1.807) is 16.9 Å². The lowest BCUT2D eigenvalue weighted by Crippen LogP contribution is -2.16. The Morgan fingerprint density at radius 3 is 2.86 bits per heavy atom. The van der Waals surface area contributed by atoms with Crippen LogP contribution < -0.4 is 9.47 Å². The zero-order valence-electron chi connectivity index (χ0n) is 11.8. The minimum atomic E-state index is -0.845. The van der Waals surface area contributed by atoms with Crippen molar-refractivity contribution in [3.63, 3.8) is 0 Å². The van der Waals surface area contributed by atoms with Gasteiger partial charge in [-0.1, -0.05) is 24.6 Å². The van der Waals surface area contributed by atoms with E-state index in [1.807, 2.05) is 12.1 Å². The summed E-state index contributed by atoms with van der Waals surface area (Å²) in [5.74, 6) is 1.35. The molecule has 0 bridgehead atoms. The molecule has 112 valence electrons. The van der Waals surface area contributed by atoms with Gasteiger partial charge >= 0.3 is 0 Å². The molecule has 5 nitrogen and oxygen atoms in total. The quantitative estimate of drug-likeness (QED) is 0.943. The molecule has 0 spiro atoms. The maximum Gasteiger partial charge on any atom is 0.161 e. The third kappa shape index (κ3) is 2.71. The van der Waals surface area contributed by atoms with Crippen LogP contribution in [0, 0.1) is 0 Å². The van der Waals surface area contributed by atoms with Crippen LogP contribution in [0.2, 0.25) is 5.02 Å². The van der Waals surface area contributed by atoms with Crippen LogP contribution in [0.5, 0.6) is 11.5 Å². The van der Waals surface area contributed by atoms with E-state index < -0.39 is 6.10 Å². The van der Waals surface area contributed by atoms with Crippen molar-refractivity contribution in [2.24, 2.45) is 0 Å². The number of nitrogens with zero attached hydrogens (tertiary/aromatic N) is 2. The second-order valence-electron chi connectivity index (χ2n) is 4.91. The Bertz CT molecular complexity index is 642. The predicted molar refractivity (Wildman–Crippen MR) is 79.0 cm³/mol. The lowest BCUT2D eigenvalue weighted by molar-refractivity contribution is 0.169. The van der Waals surface area contributed by atoms with Crippen molar-refractivity contribution in [1.82, 2.24) is 9.78 Å². The smallest absolute Gasteiger partial charge is 0.161 e. The van der Waals surface area contributed by atoms with Crippen LogP contribution in [-0.2, 0) is 6.54 Å². The Labute approximate surface area is 128 Å². The number of ether oxygens (including phenoxy) is 2. The zero-order valence-corrected chi connectivity index (χ0v) is 12.5. The van der Waals surface area contributed by atoms with Crippen molar-refractivity contribution in [1.29, 1.82) is 0 Å². The number of rotatable bonds is 4. The van der Waals surface area contributed by atoms with Gasteiger partial charge in [-0.15, -0.1) is 0 Å². The molecule has 1 N–H and O–H groups in total. The van der Waals surface area contributed by atoms with Crippen molar-refractivity contribution < 1.29 is 14.6 Å². The predicted octanol–water partition coefficient (Wildman–Crippen LogP) is 2.80. The molecule has 6 heteroatoms. The first-order chi connectivity index (χ1) is 10.2. The summed E-state index contributed by atoms with van der Waals surface area (Å²) in [4.78, 5) is 0. The van der Waals surface area contributed by atoms with Gasteiger partial charge in [-0.3, -0.25) is 4.68 Å². The number of aliphatic hydroxyl groups is 1. The highest BCUT2D eigenvalue weighted by molar-refractivity contribution is 6.31. The largest absolute Gasteiger partial charge is 0.486 e. The van der Waals surface area contributed by atoms with Crippen LogP contribution >= 0.6 is 11.6 Å². The summed E-state index contributed by atoms with van der Waals surface area (Å²) >= 11 is 6.17. The molecule has 2 aromatic rings. The Kier molecular flexibility index (Phi) is 4.03. The molecule has 3 rings (SSSR count). The molecule has 0 amide bonds. The Balaban J connectivity index is 1.95. The normalized spacial score (nSPS) is 15.0. The van der Waals surface area contributed by atoms with Crippen LogP contribution in [-0.4, -0.2) is 28.1 Å². The molecule has 1 aromatic heterocycles. The molecule has 1 aromatic carbocycles. The van der Waals surface area contributed by atoms with Crippen LogP contribution in [0.4, 0.5) is 0 Å². The first kappa shape index (κ1) is 14.2. The van der Waals surface area contributed by atoms with Crippen molar-refractivity contribution in [2.45, 2.75) is 26.0 Å². The van der Waals surface area contributed by atoms with Gasteiger partial charge in [0.15, 0.2) is 11.5 Å². The number of hydrogen-bond acceptors (Lipinski definition) is 4. The highest BCUT2D eigenvalue weighted by Crippen LogP contribution is 2.35. The topological polar surface area (TPSA) is 56.5 Å².